The van der Waals surface area contributed by atoms with Crippen LogP contribution in [0, 0.1) is 0 Å². The van der Waals surface area contributed by atoms with Gasteiger partial charge < -0.3 is 89.1 Å². The molecule has 2 saturated heterocycles. The van der Waals surface area contributed by atoms with E-state index in [0.717, 1.165) is 96.0 Å². The van der Waals surface area contributed by atoms with Gasteiger partial charge in [0, 0.05) is 18.9 Å². The number of rotatable bonds is 62. The van der Waals surface area contributed by atoms with Gasteiger partial charge in [-0.15, -0.1) is 0 Å². The van der Waals surface area contributed by atoms with Gasteiger partial charge in [0.2, 0.25) is 0 Å². The summed E-state index contributed by atoms with van der Waals surface area (Å²) in [5.41, 5.74) is 0. The first-order valence-electron chi connectivity index (χ1n) is 39.7. The molecule has 2 heterocycles. The molecule has 0 aromatic rings. The number of aliphatic hydroxyl groups excluding tert-OH is 10. The number of hydrogen-bond donors (Lipinski definition) is 11. The Hall–Kier alpha value is -2.56. The first-order chi connectivity index (χ1) is 48.8. The Bertz CT molecular complexity index is 2180. The second-order valence-electron chi connectivity index (χ2n) is 28.5. The SMILES string of the molecule is CCCCCCCCCCCCC/C=C/C=C/C(=O)OCC1OC(OC2C(O)C(O)C(O)C(OC3OC(CO)C(O)C(O)C3O)C2OP(=O)(O)OCC(COC(=O)CCCCCCCCCCCCCCCC)OC(=O)CCCCCCCCCCCCCCCCCCC)C(O)C(O)C1O. The van der Waals surface area contributed by atoms with E-state index in [1.54, 1.807) is 6.08 Å². The number of allylic oxidation sites excluding steroid dienone is 3. The molecule has 2 aliphatic heterocycles. The Morgan fingerprint density at radius 1 is 0.406 bits per heavy atom. The zero-order chi connectivity index (χ0) is 73.9. The Balaban J connectivity index is 1.73. The van der Waals surface area contributed by atoms with Crippen LogP contribution in [0.2, 0.25) is 0 Å². The maximum Gasteiger partial charge on any atom is 0.472 e. The fourth-order valence-corrected chi connectivity index (χ4v) is 14.1. The average Bonchev–Trinajstić information content (AvgIpc) is 0.761. The van der Waals surface area contributed by atoms with Crippen LogP contribution >= 0.6 is 7.82 Å². The van der Waals surface area contributed by atoms with Crippen molar-refractivity contribution in [3.8, 4) is 0 Å². The van der Waals surface area contributed by atoms with E-state index in [1.165, 1.54) is 179 Å². The van der Waals surface area contributed by atoms with E-state index >= 15 is 0 Å². The summed E-state index contributed by atoms with van der Waals surface area (Å²) in [6, 6.07) is 0. The number of phosphoric ester groups is 1. The molecule has 592 valence electrons. The van der Waals surface area contributed by atoms with E-state index in [4.69, 9.17) is 42.2 Å². The molecule has 0 bridgehead atoms. The Kier molecular flexibility index (Phi) is 52.8. The predicted octanol–water partition coefficient (Wildman–Crippen LogP) is 11.7. The van der Waals surface area contributed by atoms with Crippen LogP contribution in [-0.2, 0) is 61.2 Å². The topological polar surface area (TPSA) is 374 Å². The third-order valence-corrected chi connectivity index (χ3v) is 20.6. The first-order valence-corrected chi connectivity index (χ1v) is 41.2. The van der Waals surface area contributed by atoms with Gasteiger partial charge in [0.1, 0.15) is 98.7 Å². The molecule has 0 spiro atoms. The van der Waals surface area contributed by atoms with Crippen molar-refractivity contribution in [2.75, 3.05) is 26.4 Å². The summed E-state index contributed by atoms with van der Waals surface area (Å²) in [4.78, 5) is 51.0. The number of carbonyl (C=O) groups is 3. The predicted molar refractivity (Wildman–Crippen MR) is 384 cm³/mol. The van der Waals surface area contributed by atoms with Gasteiger partial charge in [0.25, 0.3) is 0 Å². The normalized spacial score (nSPS) is 27.3. The molecule has 1 saturated carbocycles. The highest BCUT2D eigenvalue weighted by Gasteiger charge is 2.58. The molecule has 0 aromatic heterocycles. The average molecular weight is 1470 g/mol. The number of aliphatic hydroxyl groups is 10. The fraction of sp³-hybridized carbons (Fsp3) is 0.908. The fourth-order valence-electron chi connectivity index (χ4n) is 13.1. The van der Waals surface area contributed by atoms with Crippen LogP contribution in [0.3, 0.4) is 0 Å². The van der Waals surface area contributed by atoms with E-state index in [1.807, 2.05) is 6.08 Å². The third-order valence-electron chi connectivity index (χ3n) is 19.6. The van der Waals surface area contributed by atoms with Crippen molar-refractivity contribution in [2.45, 2.75) is 414 Å². The summed E-state index contributed by atoms with van der Waals surface area (Å²) in [7, 11) is -5.71. The molecule has 24 nitrogen and oxygen atoms in total. The third kappa shape index (κ3) is 40.3. The highest BCUT2D eigenvalue weighted by molar-refractivity contribution is 7.47. The zero-order valence-corrected chi connectivity index (χ0v) is 62.8. The Morgan fingerprint density at radius 3 is 1.17 bits per heavy atom. The molecule has 0 radical (unpaired) electrons. The molecule has 1 aliphatic carbocycles. The molecule has 0 amide bonds. The molecular weight excluding hydrogens is 1330 g/mol. The van der Waals surface area contributed by atoms with Crippen LogP contribution in [0.1, 0.15) is 310 Å². The second kappa shape index (κ2) is 57.6. The van der Waals surface area contributed by atoms with Crippen LogP contribution in [-0.4, -0.2) is 204 Å². The second-order valence-corrected chi connectivity index (χ2v) is 29.9. The smallest absolute Gasteiger partial charge is 0.462 e. The van der Waals surface area contributed by atoms with Crippen molar-refractivity contribution in [3.63, 3.8) is 0 Å². The minimum Gasteiger partial charge on any atom is -0.462 e. The quantitative estimate of drug-likeness (QED) is 0.00673. The van der Waals surface area contributed by atoms with Gasteiger partial charge in [0.15, 0.2) is 18.7 Å². The standard InChI is InChI=1S/C76H139O24P/c1-4-7-10-13-16-19-22-25-28-29-31-34-37-40-43-46-49-52-62(80)95-57(54-92-60(78)50-47-44-41-38-35-32-27-24-21-18-15-12-9-6-3)55-94-101(90,91)100-74-72(98-75-70(88)65(83)63(81)58(53-77)96-75)68(86)67(85)69(87)73(74)99-76-71(89)66(84)64(82)59(97-76)56-93-61(79)51-48-45-42-39-36-33-30-26-23-20-17-14-11-8-5-2/h42,45,48,51,57-59,63-77,81-89H,4-41,43-44,46-47,49-50,52-56H2,1-3H3,(H,90,91)/b45-42+,51-48+. The Labute approximate surface area is 605 Å². The number of hydrogen-bond acceptors (Lipinski definition) is 23. The molecule has 3 aliphatic rings. The molecule has 11 N–H and O–H groups in total. The van der Waals surface area contributed by atoms with Gasteiger partial charge >= 0.3 is 25.7 Å². The maximum atomic E-state index is 14.4. The molecule has 18 unspecified atom stereocenters. The van der Waals surface area contributed by atoms with Gasteiger partial charge in [-0.05, 0) is 25.7 Å². The van der Waals surface area contributed by atoms with E-state index < -0.39 is 156 Å². The summed E-state index contributed by atoms with van der Waals surface area (Å²) in [6.45, 7) is 3.40. The van der Waals surface area contributed by atoms with Crippen LogP contribution in [0.25, 0.3) is 0 Å². The number of ether oxygens (including phenoxy) is 7. The van der Waals surface area contributed by atoms with Crippen molar-refractivity contribution in [2.24, 2.45) is 0 Å². The summed E-state index contributed by atoms with van der Waals surface area (Å²) in [6.07, 6.45) is 20.0. The summed E-state index contributed by atoms with van der Waals surface area (Å²) in [5.74, 6) is -2.21. The highest BCUT2D eigenvalue weighted by Crippen LogP contribution is 2.49. The van der Waals surface area contributed by atoms with Gasteiger partial charge in [-0.1, -0.05) is 289 Å². The van der Waals surface area contributed by atoms with E-state index in [-0.39, 0.29) is 12.8 Å². The van der Waals surface area contributed by atoms with Crippen LogP contribution < -0.4 is 0 Å². The van der Waals surface area contributed by atoms with Crippen LogP contribution in [0.15, 0.2) is 24.3 Å². The largest absolute Gasteiger partial charge is 0.472 e. The molecular formula is C76H139O24P. The lowest BCUT2D eigenvalue weighted by Gasteiger charge is -2.49. The van der Waals surface area contributed by atoms with E-state index in [2.05, 4.69) is 20.8 Å². The monoisotopic (exact) mass is 1470 g/mol. The van der Waals surface area contributed by atoms with Crippen molar-refractivity contribution >= 4 is 25.7 Å². The van der Waals surface area contributed by atoms with Gasteiger partial charge in [-0.2, -0.15) is 0 Å². The summed E-state index contributed by atoms with van der Waals surface area (Å²) in [5, 5.41) is 110. The van der Waals surface area contributed by atoms with Crippen molar-refractivity contribution in [3.05, 3.63) is 24.3 Å². The Morgan fingerprint density at radius 2 is 0.762 bits per heavy atom. The van der Waals surface area contributed by atoms with E-state index in [0.29, 0.717) is 12.8 Å². The molecule has 3 rings (SSSR count). The summed E-state index contributed by atoms with van der Waals surface area (Å²) >= 11 is 0. The molecule has 0 aromatic carbocycles. The molecule has 101 heavy (non-hydrogen) atoms. The van der Waals surface area contributed by atoms with Gasteiger partial charge in [-0.3, -0.25) is 18.6 Å². The number of unbranched alkanes of at least 4 members (excludes halogenated alkanes) is 40. The summed E-state index contributed by atoms with van der Waals surface area (Å²) < 4.78 is 64.9. The highest BCUT2D eigenvalue weighted by atomic mass is 31.2. The van der Waals surface area contributed by atoms with Gasteiger partial charge in [-0.25, -0.2) is 9.36 Å². The van der Waals surface area contributed by atoms with Crippen LogP contribution in [0.4, 0.5) is 0 Å². The molecule has 3 fully saturated rings. The van der Waals surface area contributed by atoms with Crippen LogP contribution in [0.5, 0.6) is 0 Å². The minimum atomic E-state index is -5.71. The number of carbonyl (C=O) groups excluding carboxylic acids is 3. The minimum absolute atomic E-state index is 0.0378. The lowest BCUT2D eigenvalue weighted by molar-refractivity contribution is -0.360. The van der Waals surface area contributed by atoms with Gasteiger partial charge in [0.05, 0.1) is 13.2 Å². The van der Waals surface area contributed by atoms with E-state index in [9.17, 15) is 74.9 Å². The molecule has 18 atom stereocenters. The maximum absolute atomic E-state index is 14.4. The lowest BCUT2D eigenvalue weighted by atomic mass is 9.84. The first kappa shape index (κ1) is 92.6. The lowest BCUT2D eigenvalue weighted by Crippen LogP contribution is -2.69. The van der Waals surface area contributed by atoms with Crippen molar-refractivity contribution in [1.82, 2.24) is 0 Å². The zero-order valence-electron chi connectivity index (χ0n) is 61.9. The van der Waals surface area contributed by atoms with Crippen molar-refractivity contribution < 1.29 is 117 Å². The van der Waals surface area contributed by atoms with Crippen molar-refractivity contribution in [1.29, 1.82) is 0 Å². The number of phosphoric acid groups is 1. The molecule has 25 heteroatoms. The number of esters is 3.